The van der Waals surface area contributed by atoms with Gasteiger partial charge in [-0.15, -0.1) is 0 Å². The molecule has 0 bridgehead atoms. The van der Waals surface area contributed by atoms with Gasteiger partial charge in [-0.25, -0.2) is 19.4 Å². The van der Waals surface area contributed by atoms with E-state index in [4.69, 9.17) is 9.78 Å². The minimum Gasteiger partial charge on any atom is -0.299 e. The predicted octanol–water partition coefficient (Wildman–Crippen LogP) is 4.83. The third kappa shape index (κ3) is 7.72. The van der Waals surface area contributed by atoms with Gasteiger partial charge in [0.1, 0.15) is 11.6 Å². The van der Waals surface area contributed by atoms with E-state index in [9.17, 15) is 19.2 Å². The SMILES string of the molecule is CCC(CC)C(=O)CC(C)(C)C(=O)OOC(=O)C(C)(C)CC(=O)C(CC)CC. The number of hydrogen-bond donors (Lipinski definition) is 0. The Morgan fingerprint density at radius 2 is 0.857 bits per heavy atom. The summed E-state index contributed by atoms with van der Waals surface area (Å²) in [6.07, 6.45) is 2.91. The summed E-state index contributed by atoms with van der Waals surface area (Å²) in [5, 5.41) is 0. The van der Waals surface area contributed by atoms with E-state index in [0.29, 0.717) is 25.7 Å². The maximum atomic E-state index is 12.3. The fourth-order valence-corrected chi connectivity index (χ4v) is 3.09. The highest BCUT2D eigenvalue weighted by atomic mass is 17.2. The van der Waals surface area contributed by atoms with Crippen molar-refractivity contribution in [3.8, 4) is 0 Å². The summed E-state index contributed by atoms with van der Waals surface area (Å²) in [7, 11) is 0. The Hall–Kier alpha value is -1.72. The highest BCUT2D eigenvalue weighted by molar-refractivity contribution is 5.89. The molecule has 0 unspecified atom stereocenters. The maximum Gasteiger partial charge on any atom is 0.361 e. The molecule has 0 rings (SSSR count). The first-order chi connectivity index (χ1) is 12.9. The lowest BCUT2D eigenvalue weighted by molar-refractivity contribution is -0.271. The lowest BCUT2D eigenvalue weighted by Gasteiger charge is -2.25. The van der Waals surface area contributed by atoms with E-state index in [0.717, 1.165) is 0 Å². The largest absolute Gasteiger partial charge is 0.361 e. The Morgan fingerprint density at radius 3 is 1.07 bits per heavy atom. The van der Waals surface area contributed by atoms with Gasteiger partial charge in [0, 0.05) is 24.7 Å². The van der Waals surface area contributed by atoms with Crippen molar-refractivity contribution in [1.29, 1.82) is 0 Å². The van der Waals surface area contributed by atoms with Gasteiger partial charge in [-0.3, -0.25) is 9.59 Å². The Balaban J connectivity index is 4.84. The van der Waals surface area contributed by atoms with Crippen molar-refractivity contribution in [2.45, 2.75) is 93.9 Å². The molecule has 6 heteroatoms. The molecule has 0 heterocycles. The van der Waals surface area contributed by atoms with E-state index < -0.39 is 22.8 Å². The molecule has 0 aromatic rings. The van der Waals surface area contributed by atoms with Gasteiger partial charge in [-0.2, -0.15) is 0 Å². The monoisotopic (exact) mass is 398 g/mol. The second-order valence-corrected chi connectivity index (χ2v) is 8.82. The Morgan fingerprint density at radius 1 is 0.607 bits per heavy atom. The van der Waals surface area contributed by atoms with E-state index in [2.05, 4.69) is 0 Å². The predicted molar refractivity (Wildman–Crippen MR) is 107 cm³/mol. The molecule has 0 saturated heterocycles. The summed E-state index contributed by atoms with van der Waals surface area (Å²) in [5.74, 6) is -1.75. The van der Waals surface area contributed by atoms with Gasteiger partial charge in [0.15, 0.2) is 0 Å². The second kappa shape index (κ2) is 11.3. The molecule has 0 aromatic carbocycles. The molecule has 0 saturated carbocycles. The van der Waals surface area contributed by atoms with Crippen LogP contribution in [0.25, 0.3) is 0 Å². The van der Waals surface area contributed by atoms with E-state index in [1.165, 1.54) is 0 Å². The zero-order valence-corrected chi connectivity index (χ0v) is 18.8. The number of hydrogen-bond acceptors (Lipinski definition) is 6. The van der Waals surface area contributed by atoms with Crippen molar-refractivity contribution < 1.29 is 29.0 Å². The van der Waals surface area contributed by atoms with Crippen molar-refractivity contribution in [3.05, 3.63) is 0 Å². The molecule has 0 radical (unpaired) electrons. The first-order valence-electron chi connectivity index (χ1n) is 10.3. The van der Waals surface area contributed by atoms with Gasteiger partial charge in [0.2, 0.25) is 0 Å². The Bertz CT molecular complexity index is 503. The third-order valence-corrected chi connectivity index (χ3v) is 5.41. The van der Waals surface area contributed by atoms with Crippen LogP contribution in [0.4, 0.5) is 0 Å². The van der Waals surface area contributed by atoms with E-state index in [1.807, 2.05) is 27.7 Å². The zero-order valence-electron chi connectivity index (χ0n) is 18.8. The molecule has 6 nitrogen and oxygen atoms in total. The summed E-state index contributed by atoms with van der Waals surface area (Å²) in [6, 6.07) is 0. The molecule has 0 aliphatic carbocycles. The van der Waals surface area contributed by atoms with Crippen LogP contribution in [-0.4, -0.2) is 23.5 Å². The minimum absolute atomic E-state index is 0.00521. The fraction of sp³-hybridized carbons (Fsp3) is 0.818. The standard InChI is InChI=1S/C22H38O6/c1-9-15(10-2)17(23)13-21(5,6)19(25)27-28-20(26)22(7,8)14-18(24)16(11-3)12-4/h15-16H,9-14H2,1-8H3. The van der Waals surface area contributed by atoms with Crippen LogP contribution in [-0.2, 0) is 29.0 Å². The van der Waals surface area contributed by atoms with Crippen LogP contribution < -0.4 is 0 Å². The van der Waals surface area contributed by atoms with Gasteiger partial charge in [0.05, 0.1) is 10.8 Å². The number of rotatable bonds is 12. The quantitative estimate of drug-likeness (QED) is 0.346. The lowest BCUT2D eigenvalue weighted by Crippen LogP contribution is -2.35. The van der Waals surface area contributed by atoms with Gasteiger partial charge in [0.25, 0.3) is 0 Å². The van der Waals surface area contributed by atoms with Gasteiger partial charge >= 0.3 is 11.9 Å². The van der Waals surface area contributed by atoms with Crippen LogP contribution in [0.2, 0.25) is 0 Å². The lowest BCUT2D eigenvalue weighted by atomic mass is 9.82. The van der Waals surface area contributed by atoms with Gasteiger partial charge < -0.3 is 0 Å². The van der Waals surface area contributed by atoms with Crippen LogP contribution in [0, 0.1) is 22.7 Å². The van der Waals surface area contributed by atoms with Crippen LogP contribution in [0.5, 0.6) is 0 Å². The van der Waals surface area contributed by atoms with Crippen molar-refractivity contribution in [2.24, 2.45) is 22.7 Å². The van der Waals surface area contributed by atoms with E-state index in [-0.39, 0.29) is 36.2 Å². The van der Waals surface area contributed by atoms with E-state index in [1.54, 1.807) is 27.7 Å². The molecule has 162 valence electrons. The molecule has 0 spiro atoms. The van der Waals surface area contributed by atoms with Crippen molar-refractivity contribution in [1.82, 2.24) is 0 Å². The highest BCUT2D eigenvalue weighted by Gasteiger charge is 2.38. The first kappa shape index (κ1) is 26.3. The molecule has 0 fully saturated rings. The second-order valence-electron chi connectivity index (χ2n) is 8.82. The van der Waals surface area contributed by atoms with Crippen LogP contribution in [0.15, 0.2) is 0 Å². The van der Waals surface area contributed by atoms with Gasteiger partial charge in [-0.1, -0.05) is 27.7 Å². The zero-order chi connectivity index (χ0) is 22.1. The first-order valence-corrected chi connectivity index (χ1v) is 10.3. The number of carbonyl (C=O) groups is 4. The molecule has 0 N–H and O–H groups in total. The molecule has 0 aliphatic heterocycles. The molecule has 0 aliphatic rings. The molecule has 0 amide bonds. The molecule has 0 atom stereocenters. The average molecular weight is 399 g/mol. The fourth-order valence-electron chi connectivity index (χ4n) is 3.09. The third-order valence-electron chi connectivity index (χ3n) is 5.41. The minimum atomic E-state index is -1.10. The molecular formula is C22H38O6. The van der Waals surface area contributed by atoms with Gasteiger partial charge in [-0.05, 0) is 53.4 Å². The number of carbonyl (C=O) groups excluding carboxylic acids is 4. The smallest absolute Gasteiger partial charge is 0.299 e. The molecular weight excluding hydrogens is 360 g/mol. The summed E-state index contributed by atoms with van der Waals surface area (Å²) < 4.78 is 0. The highest BCUT2D eigenvalue weighted by Crippen LogP contribution is 2.29. The summed E-state index contributed by atoms with van der Waals surface area (Å²) in [4.78, 5) is 58.8. The summed E-state index contributed by atoms with van der Waals surface area (Å²) in [5.41, 5.74) is -2.20. The van der Waals surface area contributed by atoms with Crippen LogP contribution in [0.3, 0.4) is 0 Å². The van der Waals surface area contributed by atoms with Crippen LogP contribution >= 0.6 is 0 Å². The summed E-state index contributed by atoms with van der Waals surface area (Å²) in [6.45, 7) is 14.1. The topological polar surface area (TPSA) is 86.7 Å². The van der Waals surface area contributed by atoms with Crippen LogP contribution in [0.1, 0.15) is 93.9 Å². The Kier molecular flexibility index (Phi) is 10.6. The molecule has 28 heavy (non-hydrogen) atoms. The van der Waals surface area contributed by atoms with Crippen molar-refractivity contribution in [3.63, 3.8) is 0 Å². The number of ketones is 2. The van der Waals surface area contributed by atoms with E-state index >= 15 is 0 Å². The Labute approximate surface area is 169 Å². The average Bonchev–Trinajstić information content (AvgIpc) is 2.60. The van der Waals surface area contributed by atoms with Crippen molar-refractivity contribution in [2.75, 3.05) is 0 Å². The maximum absolute atomic E-state index is 12.3. The van der Waals surface area contributed by atoms with Crippen molar-refractivity contribution >= 4 is 23.5 Å². The number of Topliss-reactive ketones (excluding diaryl/α,β-unsaturated/α-hetero) is 2. The normalized spacial score (nSPS) is 12.2. The summed E-state index contributed by atoms with van der Waals surface area (Å²) >= 11 is 0. The molecule has 0 aromatic heterocycles.